The van der Waals surface area contributed by atoms with Gasteiger partial charge < -0.3 is 14.3 Å². The highest BCUT2D eigenvalue weighted by molar-refractivity contribution is 5.86. The minimum absolute atomic E-state index is 0.132. The number of carbonyl (C=O) groups excluding carboxylic acids is 1. The highest BCUT2D eigenvalue weighted by atomic mass is 16.5. The highest BCUT2D eigenvalue weighted by Gasteiger charge is 2.11. The molecule has 0 bridgehead atoms. The fourth-order valence-corrected chi connectivity index (χ4v) is 2.30. The zero-order valence-corrected chi connectivity index (χ0v) is 12.4. The van der Waals surface area contributed by atoms with E-state index in [1.807, 2.05) is 36.4 Å². The second kappa shape index (κ2) is 6.83. The first-order valence-corrected chi connectivity index (χ1v) is 7.29. The van der Waals surface area contributed by atoms with Crippen molar-refractivity contribution in [2.24, 2.45) is 0 Å². The van der Waals surface area contributed by atoms with Gasteiger partial charge in [0.15, 0.2) is 0 Å². The minimum Gasteiger partial charge on any atom is -0.508 e. The zero-order chi connectivity index (χ0) is 16.1. The van der Waals surface area contributed by atoms with E-state index in [-0.39, 0.29) is 24.7 Å². The summed E-state index contributed by atoms with van der Waals surface area (Å²) in [7, 11) is 0. The van der Waals surface area contributed by atoms with Gasteiger partial charge in [0.05, 0.1) is 12.7 Å². The molecule has 0 saturated heterocycles. The molecule has 2 aromatic carbocycles. The Morgan fingerprint density at radius 1 is 1.17 bits per heavy atom. The summed E-state index contributed by atoms with van der Waals surface area (Å²) in [6, 6.07) is 14.6. The van der Waals surface area contributed by atoms with Crippen molar-refractivity contribution in [3.8, 4) is 5.75 Å². The standard InChI is InChI=1S/C19H16O4/c20-16-8-9-17-15(13-23-18(17)12-16)11-19(21)22-10-4-7-14-5-2-1-3-6-14/h1-9,12-13,20H,10-11H2/b7-4+. The summed E-state index contributed by atoms with van der Waals surface area (Å²) in [5, 5.41) is 10.2. The van der Waals surface area contributed by atoms with Gasteiger partial charge in [-0.15, -0.1) is 0 Å². The minimum atomic E-state index is -0.321. The van der Waals surface area contributed by atoms with Crippen LogP contribution in [0.5, 0.6) is 5.75 Å². The smallest absolute Gasteiger partial charge is 0.310 e. The van der Waals surface area contributed by atoms with Crippen LogP contribution in [0.2, 0.25) is 0 Å². The summed E-state index contributed by atoms with van der Waals surface area (Å²) in [6.07, 6.45) is 5.37. The number of aromatic hydroxyl groups is 1. The van der Waals surface area contributed by atoms with E-state index in [2.05, 4.69) is 0 Å². The first-order chi connectivity index (χ1) is 11.2. The van der Waals surface area contributed by atoms with Crippen LogP contribution in [0.3, 0.4) is 0 Å². The summed E-state index contributed by atoms with van der Waals surface area (Å²) in [4.78, 5) is 11.9. The average Bonchev–Trinajstić information content (AvgIpc) is 2.94. The normalized spacial score (nSPS) is 11.1. The molecule has 0 spiro atoms. The quantitative estimate of drug-likeness (QED) is 0.725. The predicted molar refractivity (Wildman–Crippen MR) is 88.0 cm³/mol. The SMILES string of the molecule is O=C(Cc1coc2cc(O)ccc12)OC/C=C/c1ccccc1. The third kappa shape index (κ3) is 3.80. The number of hydrogen-bond acceptors (Lipinski definition) is 4. The Balaban J connectivity index is 1.55. The molecule has 0 unspecified atom stereocenters. The van der Waals surface area contributed by atoms with E-state index in [0.29, 0.717) is 5.58 Å². The lowest BCUT2D eigenvalue weighted by Crippen LogP contribution is -2.07. The number of esters is 1. The van der Waals surface area contributed by atoms with E-state index in [1.165, 1.54) is 12.3 Å². The Kier molecular flexibility index (Phi) is 4.43. The number of carbonyl (C=O) groups is 1. The summed E-state index contributed by atoms with van der Waals surface area (Å²) in [5.41, 5.74) is 2.36. The summed E-state index contributed by atoms with van der Waals surface area (Å²) in [6.45, 7) is 0.226. The van der Waals surface area contributed by atoms with Crippen LogP contribution in [0.15, 0.2) is 65.3 Å². The highest BCUT2D eigenvalue weighted by Crippen LogP contribution is 2.25. The molecule has 4 nitrogen and oxygen atoms in total. The van der Waals surface area contributed by atoms with Gasteiger partial charge >= 0.3 is 5.97 Å². The third-order valence-electron chi connectivity index (χ3n) is 3.42. The van der Waals surface area contributed by atoms with Crippen LogP contribution in [0.4, 0.5) is 0 Å². The van der Waals surface area contributed by atoms with Crippen molar-refractivity contribution in [3.63, 3.8) is 0 Å². The molecule has 0 radical (unpaired) electrons. The van der Waals surface area contributed by atoms with E-state index in [9.17, 15) is 9.90 Å². The van der Waals surface area contributed by atoms with Crippen molar-refractivity contribution in [1.82, 2.24) is 0 Å². The van der Waals surface area contributed by atoms with Crippen molar-refractivity contribution in [2.75, 3.05) is 6.61 Å². The molecule has 0 saturated carbocycles. The van der Waals surface area contributed by atoms with Crippen molar-refractivity contribution in [3.05, 3.63) is 72.0 Å². The predicted octanol–water partition coefficient (Wildman–Crippen LogP) is 3.94. The molecule has 0 atom stereocenters. The van der Waals surface area contributed by atoms with Gasteiger partial charge in [-0.1, -0.05) is 36.4 Å². The molecule has 23 heavy (non-hydrogen) atoms. The van der Waals surface area contributed by atoms with E-state index in [0.717, 1.165) is 16.5 Å². The molecule has 1 aromatic heterocycles. The van der Waals surface area contributed by atoms with E-state index >= 15 is 0 Å². The van der Waals surface area contributed by atoms with Gasteiger partial charge in [0, 0.05) is 17.0 Å². The lowest BCUT2D eigenvalue weighted by atomic mass is 10.1. The number of fused-ring (bicyclic) bond motifs is 1. The number of rotatable bonds is 5. The Hall–Kier alpha value is -3.01. The number of phenols is 1. The molecule has 0 amide bonds. The van der Waals surface area contributed by atoms with E-state index < -0.39 is 0 Å². The van der Waals surface area contributed by atoms with Gasteiger partial charge in [-0.2, -0.15) is 0 Å². The fraction of sp³-hybridized carbons (Fsp3) is 0.105. The van der Waals surface area contributed by atoms with Gasteiger partial charge in [-0.05, 0) is 23.8 Å². The van der Waals surface area contributed by atoms with Crippen LogP contribution >= 0.6 is 0 Å². The molecule has 116 valence electrons. The van der Waals surface area contributed by atoms with Crippen LogP contribution in [0.25, 0.3) is 17.0 Å². The van der Waals surface area contributed by atoms with Crippen molar-refractivity contribution >= 4 is 23.0 Å². The lowest BCUT2D eigenvalue weighted by molar-refractivity contribution is -0.141. The molecule has 1 heterocycles. The monoisotopic (exact) mass is 308 g/mol. The van der Waals surface area contributed by atoms with Crippen molar-refractivity contribution in [2.45, 2.75) is 6.42 Å². The fourth-order valence-electron chi connectivity index (χ4n) is 2.30. The molecule has 1 N–H and O–H groups in total. The van der Waals surface area contributed by atoms with Crippen LogP contribution in [0, 0.1) is 0 Å². The Labute approximate surface area is 133 Å². The number of furan rings is 1. The largest absolute Gasteiger partial charge is 0.508 e. The van der Waals surface area contributed by atoms with E-state index in [4.69, 9.17) is 9.15 Å². The second-order valence-corrected chi connectivity index (χ2v) is 5.11. The van der Waals surface area contributed by atoms with E-state index in [1.54, 1.807) is 18.2 Å². The number of ether oxygens (including phenoxy) is 1. The van der Waals surface area contributed by atoms with Crippen LogP contribution < -0.4 is 0 Å². The number of phenolic OH excluding ortho intramolecular Hbond substituents is 1. The van der Waals surface area contributed by atoms with Crippen molar-refractivity contribution < 1.29 is 19.1 Å². The van der Waals surface area contributed by atoms with Crippen LogP contribution in [-0.2, 0) is 16.0 Å². The molecule has 0 aliphatic carbocycles. The first kappa shape index (κ1) is 14.9. The maximum Gasteiger partial charge on any atom is 0.310 e. The molecule has 0 aliphatic rings. The maximum atomic E-state index is 11.9. The second-order valence-electron chi connectivity index (χ2n) is 5.11. The molecule has 0 aliphatic heterocycles. The van der Waals surface area contributed by atoms with Gasteiger partial charge in [0.1, 0.15) is 17.9 Å². The van der Waals surface area contributed by atoms with Gasteiger partial charge in [-0.25, -0.2) is 0 Å². The summed E-state index contributed by atoms with van der Waals surface area (Å²) >= 11 is 0. The molecule has 3 aromatic rings. The molecule has 3 rings (SSSR count). The number of hydrogen-bond donors (Lipinski definition) is 1. The first-order valence-electron chi connectivity index (χ1n) is 7.29. The maximum absolute atomic E-state index is 11.9. The molecular formula is C19H16O4. The Bertz CT molecular complexity index is 831. The lowest BCUT2D eigenvalue weighted by Gasteiger charge is -2.01. The summed E-state index contributed by atoms with van der Waals surface area (Å²) in [5.74, 6) is -0.189. The third-order valence-corrected chi connectivity index (χ3v) is 3.42. The molecular weight excluding hydrogens is 292 g/mol. The Morgan fingerprint density at radius 2 is 2.00 bits per heavy atom. The van der Waals surface area contributed by atoms with Crippen LogP contribution in [-0.4, -0.2) is 17.7 Å². The number of benzene rings is 2. The zero-order valence-electron chi connectivity index (χ0n) is 12.4. The van der Waals surface area contributed by atoms with Crippen molar-refractivity contribution in [1.29, 1.82) is 0 Å². The van der Waals surface area contributed by atoms with Gasteiger partial charge in [-0.3, -0.25) is 4.79 Å². The van der Waals surface area contributed by atoms with Crippen LogP contribution in [0.1, 0.15) is 11.1 Å². The molecule has 4 heteroatoms. The van der Waals surface area contributed by atoms with Gasteiger partial charge in [0.25, 0.3) is 0 Å². The van der Waals surface area contributed by atoms with Gasteiger partial charge in [0.2, 0.25) is 0 Å². The average molecular weight is 308 g/mol. The summed E-state index contributed by atoms with van der Waals surface area (Å²) < 4.78 is 10.5. The molecule has 0 fully saturated rings. The Morgan fingerprint density at radius 3 is 2.83 bits per heavy atom. The topological polar surface area (TPSA) is 59.7 Å².